The van der Waals surface area contributed by atoms with Gasteiger partial charge in [-0.05, 0) is 19.1 Å². The van der Waals surface area contributed by atoms with Crippen LogP contribution in [0.4, 0.5) is 0 Å². The maximum absolute atomic E-state index is 12.2. The van der Waals surface area contributed by atoms with E-state index in [-0.39, 0.29) is 30.3 Å². The number of hydrogen-bond donors (Lipinski definition) is 1. The fourth-order valence-corrected chi connectivity index (χ4v) is 2.44. The molecule has 1 fully saturated rings. The molecule has 1 N–H and O–H groups in total. The summed E-state index contributed by atoms with van der Waals surface area (Å²) in [6, 6.07) is 9.21. The van der Waals surface area contributed by atoms with E-state index in [4.69, 9.17) is 11.2 Å². The van der Waals surface area contributed by atoms with Crippen LogP contribution in [-0.4, -0.2) is 24.2 Å². The zero-order valence-electron chi connectivity index (χ0n) is 11.8. The van der Waals surface area contributed by atoms with Crippen molar-refractivity contribution in [1.29, 1.82) is 0 Å². The highest BCUT2D eigenvalue weighted by Gasteiger charge is 2.42. The number of piperidine rings is 1. The van der Waals surface area contributed by atoms with Crippen molar-refractivity contribution in [3.63, 3.8) is 0 Å². The Balaban J connectivity index is 0.00000200. The highest BCUT2D eigenvalue weighted by atomic mass is 35.5. The molecule has 1 heterocycles. The van der Waals surface area contributed by atoms with Crippen LogP contribution in [0.25, 0.3) is 0 Å². The van der Waals surface area contributed by atoms with Crippen LogP contribution in [0.5, 0.6) is 0 Å². The third-order valence-electron chi connectivity index (χ3n) is 3.71. The minimum absolute atomic E-state index is 0. The molecule has 0 saturated carbocycles. The monoisotopic (exact) mass is 293 g/mol. The maximum atomic E-state index is 12.2. The smallest absolute Gasteiger partial charge is 0.339 e. The first-order chi connectivity index (χ1) is 9.07. The minimum Gasteiger partial charge on any atom is -0.442 e. The summed E-state index contributed by atoms with van der Waals surface area (Å²) in [6.07, 6.45) is 6.30. The van der Waals surface area contributed by atoms with Crippen LogP contribution in [0.15, 0.2) is 30.3 Å². The molecular weight excluding hydrogens is 274 g/mol. The standard InChI is InChI=1S/C16H19NO2.ClH/c1-4-16(10-13(3)17-11-12(16)2)19-15(18)14-8-6-5-7-9-14;/h1,5-9,12-13,17H,10-11H2,2-3H3;1H. The Kier molecular flexibility index (Phi) is 5.62. The second-order valence-corrected chi connectivity index (χ2v) is 5.20. The van der Waals surface area contributed by atoms with Crippen LogP contribution < -0.4 is 5.32 Å². The third kappa shape index (κ3) is 3.33. The van der Waals surface area contributed by atoms with E-state index in [9.17, 15) is 4.79 Å². The molecule has 0 radical (unpaired) electrons. The van der Waals surface area contributed by atoms with Crippen LogP contribution in [0, 0.1) is 18.3 Å². The quantitative estimate of drug-likeness (QED) is 0.673. The van der Waals surface area contributed by atoms with Gasteiger partial charge in [0.2, 0.25) is 0 Å². The van der Waals surface area contributed by atoms with E-state index in [1.54, 1.807) is 12.1 Å². The second kappa shape index (κ2) is 6.78. The van der Waals surface area contributed by atoms with E-state index in [2.05, 4.69) is 11.2 Å². The number of hydrogen-bond acceptors (Lipinski definition) is 3. The maximum Gasteiger partial charge on any atom is 0.339 e. The molecule has 3 unspecified atom stereocenters. The molecule has 108 valence electrons. The Morgan fingerprint density at radius 2 is 2.05 bits per heavy atom. The van der Waals surface area contributed by atoms with E-state index in [0.29, 0.717) is 12.0 Å². The Hall–Kier alpha value is -1.50. The highest BCUT2D eigenvalue weighted by molar-refractivity contribution is 5.89. The summed E-state index contributed by atoms with van der Waals surface area (Å²) in [5.41, 5.74) is -0.270. The molecule has 3 nitrogen and oxygen atoms in total. The highest BCUT2D eigenvalue weighted by Crippen LogP contribution is 2.31. The summed E-state index contributed by atoms with van der Waals surface area (Å²) in [7, 11) is 0. The summed E-state index contributed by atoms with van der Waals surface area (Å²) >= 11 is 0. The predicted molar refractivity (Wildman–Crippen MR) is 81.9 cm³/mol. The van der Waals surface area contributed by atoms with E-state index in [1.165, 1.54) is 0 Å². The fraction of sp³-hybridized carbons (Fsp3) is 0.438. The number of halogens is 1. The molecule has 1 aliphatic rings. The van der Waals surface area contributed by atoms with Crippen LogP contribution in [0.3, 0.4) is 0 Å². The topological polar surface area (TPSA) is 38.3 Å². The van der Waals surface area contributed by atoms with Crippen LogP contribution in [-0.2, 0) is 4.74 Å². The van der Waals surface area contributed by atoms with Crippen LogP contribution >= 0.6 is 12.4 Å². The summed E-state index contributed by atoms with van der Waals surface area (Å²) < 4.78 is 5.68. The average Bonchev–Trinajstić information content (AvgIpc) is 2.43. The van der Waals surface area contributed by atoms with Crippen molar-refractivity contribution < 1.29 is 9.53 Å². The van der Waals surface area contributed by atoms with Gasteiger partial charge in [-0.25, -0.2) is 4.79 Å². The number of terminal acetylenes is 1. The van der Waals surface area contributed by atoms with Gasteiger partial charge in [-0.3, -0.25) is 0 Å². The van der Waals surface area contributed by atoms with Crippen LogP contribution in [0.2, 0.25) is 0 Å². The first-order valence-electron chi connectivity index (χ1n) is 6.57. The zero-order valence-corrected chi connectivity index (χ0v) is 12.6. The summed E-state index contributed by atoms with van der Waals surface area (Å²) in [6.45, 7) is 4.82. The summed E-state index contributed by atoms with van der Waals surface area (Å²) in [4.78, 5) is 12.2. The number of carbonyl (C=O) groups is 1. The average molecular weight is 294 g/mol. The molecule has 0 bridgehead atoms. The minimum atomic E-state index is -0.808. The van der Waals surface area contributed by atoms with Crippen molar-refractivity contribution in [1.82, 2.24) is 5.32 Å². The second-order valence-electron chi connectivity index (χ2n) is 5.20. The molecule has 0 aromatic heterocycles. The molecule has 1 aliphatic heterocycles. The molecule has 1 aromatic rings. The molecule has 4 heteroatoms. The van der Waals surface area contributed by atoms with Crippen molar-refractivity contribution in [2.24, 2.45) is 5.92 Å². The molecule has 3 atom stereocenters. The molecule has 0 aliphatic carbocycles. The van der Waals surface area contributed by atoms with Gasteiger partial charge in [0.05, 0.1) is 5.56 Å². The van der Waals surface area contributed by atoms with E-state index >= 15 is 0 Å². The van der Waals surface area contributed by atoms with Gasteiger partial charge in [0, 0.05) is 24.9 Å². The Labute approximate surface area is 126 Å². The first kappa shape index (κ1) is 16.6. The van der Waals surface area contributed by atoms with Gasteiger partial charge in [0.25, 0.3) is 0 Å². The number of esters is 1. The molecule has 1 aromatic carbocycles. The number of carbonyl (C=O) groups excluding carboxylic acids is 1. The molecule has 0 amide bonds. The molecule has 2 rings (SSSR count). The van der Waals surface area contributed by atoms with Gasteiger partial charge in [0.15, 0.2) is 5.60 Å². The lowest BCUT2D eigenvalue weighted by molar-refractivity contribution is -0.0333. The molecule has 1 saturated heterocycles. The van der Waals surface area contributed by atoms with Gasteiger partial charge in [-0.1, -0.05) is 31.0 Å². The van der Waals surface area contributed by atoms with Gasteiger partial charge in [-0.15, -0.1) is 18.8 Å². The SMILES string of the molecule is C#CC1(OC(=O)c2ccccc2)CC(C)NCC1C.Cl. The lowest BCUT2D eigenvalue weighted by Gasteiger charge is -2.41. The molecule has 20 heavy (non-hydrogen) atoms. The van der Waals surface area contributed by atoms with Crippen molar-refractivity contribution in [3.05, 3.63) is 35.9 Å². The Morgan fingerprint density at radius 3 is 2.65 bits per heavy atom. The largest absolute Gasteiger partial charge is 0.442 e. The third-order valence-corrected chi connectivity index (χ3v) is 3.71. The summed E-state index contributed by atoms with van der Waals surface area (Å²) in [5.74, 6) is 2.47. The lowest BCUT2D eigenvalue weighted by Crippen LogP contribution is -2.54. The van der Waals surface area contributed by atoms with Gasteiger partial charge in [0.1, 0.15) is 0 Å². The number of ether oxygens (including phenoxy) is 1. The fourth-order valence-electron chi connectivity index (χ4n) is 2.44. The molecule has 0 spiro atoms. The lowest BCUT2D eigenvalue weighted by atomic mass is 9.80. The van der Waals surface area contributed by atoms with Crippen molar-refractivity contribution in [2.45, 2.75) is 31.9 Å². The molecular formula is C16H20ClNO2. The van der Waals surface area contributed by atoms with Gasteiger partial charge < -0.3 is 10.1 Å². The summed E-state index contributed by atoms with van der Waals surface area (Å²) in [5, 5.41) is 3.35. The van der Waals surface area contributed by atoms with E-state index in [1.807, 2.05) is 32.0 Å². The first-order valence-corrected chi connectivity index (χ1v) is 6.57. The number of rotatable bonds is 2. The van der Waals surface area contributed by atoms with Crippen molar-refractivity contribution in [2.75, 3.05) is 6.54 Å². The predicted octanol–water partition coefficient (Wildman–Crippen LogP) is 2.66. The number of nitrogens with one attached hydrogen (secondary N) is 1. The Morgan fingerprint density at radius 1 is 1.40 bits per heavy atom. The van der Waals surface area contributed by atoms with Gasteiger partial charge in [-0.2, -0.15) is 0 Å². The Bertz CT molecular complexity index is 497. The normalized spacial score (nSPS) is 28.9. The zero-order chi connectivity index (χ0) is 13.9. The van der Waals surface area contributed by atoms with Gasteiger partial charge >= 0.3 is 5.97 Å². The van der Waals surface area contributed by atoms with Crippen molar-refractivity contribution in [3.8, 4) is 12.3 Å². The van der Waals surface area contributed by atoms with E-state index in [0.717, 1.165) is 6.54 Å². The van der Waals surface area contributed by atoms with E-state index < -0.39 is 5.60 Å². The van der Waals surface area contributed by atoms with Crippen molar-refractivity contribution >= 4 is 18.4 Å². The number of benzene rings is 1. The van der Waals surface area contributed by atoms with Crippen LogP contribution in [0.1, 0.15) is 30.6 Å².